The van der Waals surface area contributed by atoms with Gasteiger partial charge in [-0.15, -0.1) is 0 Å². The molecule has 0 aliphatic heterocycles. The SMILES string of the molecule is Cc1cc[n+](CC(=O)NCCC(C)C)cc1. The van der Waals surface area contributed by atoms with Crippen LogP contribution in [0.1, 0.15) is 25.8 Å². The molecule has 1 amide bonds. The first-order valence-corrected chi connectivity index (χ1v) is 5.80. The van der Waals surface area contributed by atoms with E-state index >= 15 is 0 Å². The maximum Gasteiger partial charge on any atom is 0.285 e. The van der Waals surface area contributed by atoms with E-state index in [1.165, 1.54) is 5.56 Å². The number of hydrogen-bond acceptors (Lipinski definition) is 1. The third kappa shape index (κ3) is 4.91. The zero-order valence-corrected chi connectivity index (χ0v) is 10.4. The topological polar surface area (TPSA) is 33.0 Å². The van der Waals surface area contributed by atoms with E-state index in [1.807, 2.05) is 36.0 Å². The van der Waals surface area contributed by atoms with Gasteiger partial charge < -0.3 is 5.32 Å². The molecule has 1 N–H and O–H groups in total. The van der Waals surface area contributed by atoms with Crippen LogP contribution in [0.25, 0.3) is 0 Å². The van der Waals surface area contributed by atoms with Gasteiger partial charge in [0.25, 0.3) is 5.91 Å². The van der Waals surface area contributed by atoms with E-state index < -0.39 is 0 Å². The van der Waals surface area contributed by atoms with E-state index in [0.29, 0.717) is 12.5 Å². The van der Waals surface area contributed by atoms with Crippen molar-refractivity contribution < 1.29 is 9.36 Å². The van der Waals surface area contributed by atoms with Crippen molar-refractivity contribution >= 4 is 5.91 Å². The van der Waals surface area contributed by atoms with E-state index in [9.17, 15) is 4.79 Å². The summed E-state index contributed by atoms with van der Waals surface area (Å²) in [6.45, 7) is 7.51. The molecule has 0 bridgehead atoms. The van der Waals surface area contributed by atoms with Crippen LogP contribution in [0.3, 0.4) is 0 Å². The lowest BCUT2D eigenvalue weighted by Gasteiger charge is -2.05. The Balaban J connectivity index is 2.31. The molecule has 88 valence electrons. The second-order valence-corrected chi connectivity index (χ2v) is 4.58. The summed E-state index contributed by atoms with van der Waals surface area (Å²) in [7, 11) is 0. The fourth-order valence-corrected chi connectivity index (χ4v) is 1.36. The molecule has 16 heavy (non-hydrogen) atoms. The molecule has 0 radical (unpaired) electrons. The fraction of sp³-hybridized carbons (Fsp3) is 0.538. The van der Waals surface area contributed by atoms with E-state index in [1.54, 1.807) is 0 Å². The van der Waals surface area contributed by atoms with Crippen molar-refractivity contribution in [1.29, 1.82) is 0 Å². The maximum atomic E-state index is 11.5. The van der Waals surface area contributed by atoms with Gasteiger partial charge in [0.15, 0.2) is 12.4 Å². The molecule has 0 aromatic carbocycles. The number of nitrogens with one attached hydrogen (secondary N) is 1. The Morgan fingerprint density at radius 3 is 2.56 bits per heavy atom. The minimum absolute atomic E-state index is 0.0782. The van der Waals surface area contributed by atoms with Crippen LogP contribution >= 0.6 is 0 Å². The number of pyridine rings is 1. The van der Waals surface area contributed by atoms with Crippen LogP contribution in [0.5, 0.6) is 0 Å². The van der Waals surface area contributed by atoms with E-state index in [0.717, 1.165) is 13.0 Å². The minimum atomic E-state index is 0.0782. The van der Waals surface area contributed by atoms with Gasteiger partial charge in [-0.2, -0.15) is 4.57 Å². The average molecular weight is 221 g/mol. The van der Waals surface area contributed by atoms with Crippen LogP contribution in [-0.4, -0.2) is 12.5 Å². The molecular weight excluding hydrogens is 200 g/mol. The van der Waals surface area contributed by atoms with Gasteiger partial charge in [0.1, 0.15) is 0 Å². The number of nitrogens with zero attached hydrogens (tertiary/aromatic N) is 1. The molecule has 0 aliphatic carbocycles. The first-order valence-electron chi connectivity index (χ1n) is 5.80. The summed E-state index contributed by atoms with van der Waals surface area (Å²) in [6, 6.07) is 4.00. The normalized spacial score (nSPS) is 10.5. The Morgan fingerprint density at radius 2 is 2.00 bits per heavy atom. The highest BCUT2D eigenvalue weighted by Crippen LogP contribution is 1.96. The summed E-state index contributed by atoms with van der Waals surface area (Å²) in [4.78, 5) is 11.5. The third-order valence-corrected chi connectivity index (χ3v) is 2.43. The van der Waals surface area contributed by atoms with Crippen LogP contribution in [0.4, 0.5) is 0 Å². The highest BCUT2D eigenvalue weighted by molar-refractivity contribution is 5.74. The van der Waals surface area contributed by atoms with Crippen LogP contribution in [-0.2, 0) is 11.3 Å². The molecule has 1 rings (SSSR count). The highest BCUT2D eigenvalue weighted by atomic mass is 16.1. The van der Waals surface area contributed by atoms with Crippen molar-refractivity contribution in [3.8, 4) is 0 Å². The number of carbonyl (C=O) groups is 1. The first-order chi connectivity index (χ1) is 7.58. The lowest BCUT2D eigenvalue weighted by atomic mass is 10.1. The molecule has 0 spiro atoms. The molecule has 1 heterocycles. The largest absolute Gasteiger partial charge is 0.351 e. The maximum absolute atomic E-state index is 11.5. The Bertz CT molecular complexity index is 330. The molecule has 0 saturated carbocycles. The lowest BCUT2D eigenvalue weighted by Crippen LogP contribution is -2.42. The number of amides is 1. The minimum Gasteiger partial charge on any atom is -0.351 e. The van der Waals surface area contributed by atoms with Gasteiger partial charge in [-0.1, -0.05) is 13.8 Å². The van der Waals surface area contributed by atoms with Gasteiger partial charge in [0.05, 0.1) is 0 Å². The third-order valence-electron chi connectivity index (χ3n) is 2.43. The molecule has 0 fully saturated rings. The number of carbonyl (C=O) groups excluding carboxylic acids is 1. The van der Waals surface area contributed by atoms with Gasteiger partial charge in [-0.05, 0) is 24.8 Å². The predicted octanol–water partition coefficient (Wildman–Crippen LogP) is 1.44. The molecular formula is C13H21N2O+. The van der Waals surface area contributed by atoms with Crippen molar-refractivity contribution in [1.82, 2.24) is 5.32 Å². The number of aryl methyl sites for hydroxylation is 1. The van der Waals surface area contributed by atoms with Gasteiger partial charge in [0, 0.05) is 18.7 Å². The summed E-state index contributed by atoms with van der Waals surface area (Å²) in [6.07, 6.45) is 4.89. The van der Waals surface area contributed by atoms with Gasteiger partial charge in [-0.25, -0.2) is 0 Å². The molecule has 1 aromatic heterocycles. The Morgan fingerprint density at radius 1 is 1.38 bits per heavy atom. The van der Waals surface area contributed by atoms with Gasteiger partial charge in [0.2, 0.25) is 6.54 Å². The van der Waals surface area contributed by atoms with E-state index in [4.69, 9.17) is 0 Å². The quantitative estimate of drug-likeness (QED) is 0.750. The number of rotatable bonds is 5. The monoisotopic (exact) mass is 221 g/mol. The molecule has 3 nitrogen and oxygen atoms in total. The number of hydrogen-bond donors (Lipinski definition) is 1. The smallest absolute Gasteiger partial charge is 0.285 e. The van der Waals surface area contributed by atoms with Crippen LogP contribution in [0, 0.1) is 12.8 Å². The standard InChI is InChI=1S/C13H20N2O/c1-11(2)4-7-14-13(16)10-15-8-5-12(3)6-9-15/h5-6,8-9,11H,4,7,10H2,1-3H3/p+1. The summed E-state index contributed by atoms with van der Waals surface area (Å²) in [5.41, 5.74) is 1.21. The van der Waals surface area contributed by atoms with Crippen molar-refractivity contribution in [2.24, 2.45) is 5.92 Å². The van der Waals surface area contributed by atoms with Crippen LogP contribution in [0.2, 0.25) is 0 Å². The van der Waals surface area contributed by atoms with Crippen molar-refractivity contribution in [2.75, 3.05) is 6.54 Å². The molecule has 0 atom stereocenters. The Kier molecular flexibility index (Phi) is 4.96. The molecule has 1 aromatic rings. The lowest BCUT2D eigenvalue weighted by molar-refractivity contribution is -0.684. The fourth-order valence-electron chi connectivity index (χ4n) is 1.36. The van der Waals surface area contributed by atoms with Crippen molar-refractivity contribution in [3.05, 3.63) is 30.1 Å². The molecule has 3 heteroatoms. The summed E-state index contributed by atoms with van der Waals surface area (Å²) < 4.78 is 1.89. The van der Waals surface area contributed by atoms with E-state index in [-0.39, 0.29) is 5.91 Å². The molecule has 0 unspecified atom stereocenters. The van der Waals surface area contributed by atoms with E-state index in [2.05, 4.69) is 19.2 Å². The zero-order chi connectivity index (χ0) is 12.0. The number of aromatic nitrogens is 1. The molecule has 0 aliphatic rings. The predicted molar refractivity (Wildman–Crippen MR) is 63.8 cm³/mol. The average Bonchev–Trinajstić information content (AvgIpc) is 2.21. The first kappa shape index (κ1) is 12.7. The van der Waals surface area contributed by atoms with Crippen molar-refractivity contribution in [3.63, 3.8) is 0 Å². The van der Waals surface area contributed by atoms with Crippen LogP contribution in [0.15, 0.2) is 24.5 Å². The summed E-state index contributed by atoms with van der Waals surface area (Å²) in [5.74, 6) is 0.710. The van der Waals surface area contributed by atoms with Gasteiger partial charge in [-0.3, -0.25) is 4.79 Å². The zero-order valence-electron chi connectivity index (χ0n) is 10.4. The second-order valence-electron chi connectivity index (χ2n) is 4.58. The van der Waals surface area contributed by atoms with Crippen LogP contribution < -0.4 is 9.88 Å². The Hall–Kier alpha value is -1.38. The highest BCUT2D eigenvalue weighted by Gasteiger charge is 2.07. The summed E-state index contributed by atoms with van der Waals surface area (Å²) in [5, 5.41) is 2.92. The Labute approximate surface area is 97.5 Å². The summed E-state index contributed by atoms with van der Waals surface area (Å²) >= 11 is 0. The van der Waals surface area contributed by atoms with Gasteiger partial charge >= 0.3 is 0 Å². The molecule has 0 saturated heterocycles. The second kappa shape index (κ2) is 6.26. The van der Waals surface area contributed by atoms with Crippen molar-refractivity contribution in [2.45, 2.75) is 33.7 Å².